The van der Waals surface area contributed by atoms with Crippen LogP contribution in [0.4, 0.5) is 4.79 Å². The van der Waals surface area contributed by atoms with Gasteiger partial charge in [-0.2, -0.15) is 0 Å². The zero-order valence-electron chi connectivity index (χ0n) is 18.6. The van der Waals surface area contributed by atoms with Crippen molar-refractivity contribution in [3.63, 3.8) is 0 Å². The SMILES string of the molecule is CC(COc1ccc(CC2SC(=O)NC2=O)cc1)N1CC(COCc2cccc(Cl)c2)OC1=S. The van der Waals surface area contributed by atoms with Crippen molar-refractivity contribution in [1.29, 1.82) is 0 Å². The van der Waals surface area contributed by atoms with Gasteiger partial charge in [-0.05, 0) is 61.0 Å². The van der Waals surface area contributed by atoms with Crippen LogP contribution in [0, 0.1) is 0 Å². The van der Waals surface area contributed by atoms with E-state index < -0.39 is 0 Å². The third-order valence-corrected chi connectivity index (χ3v) is 7.05. The van der Waals surface area contributed by atoms with E-state index in [1.165, 1.54) is 0 Å². The van der Waals surface area contributed by atoms with Gasteiger partial charge in [0.1, 0.15) is 18.5 Å². The Hall–Kier alpha value is -2.33. The monoisotopic (exact) mass is 520 g/mol. The van der Waals surface area contributed by atoms with Crippen LogP contribution in [-0.2, 0) is 27.3 Å². The van der Waals surface area contributed by atoms with E-state index in [1.54, 1.807) is 0 Å². The number of ether oxygens (including phenoxy) is 3. The van der Waals surface area contributed by atoms with Crippen LogP contribution in [0.25, 0.3) is 0 Å². The average Bonchev–Trinajstić information content (AvgIpc) is 3.33. The molecular weight excluding hydrogens is 496 g/mol. The van der Waals surface area contributed by atoms with Crippen molar-refractivity contribution in [2.75, 3.05) is 19.8 Å². The van der Waals surface area contributed by atoms with Crippen LogP contribution in [-0.4, -0.2) is 58.4 Å². The third kappa shape index (κ3) is 6.63. The minimum absolute atomic E-state index is 0.0229. The number of hydrogen-bond donors (Lipinski definition) is 1. The lowest BCUT2D eigenvalue weighted by Crippen LogP contribution is -2.38. The number of amides is 2. The van der Waals surface area contributed by atoms with Crippen LogP contribution >= 0.6 is 35.6 Å². The van der Waals surface area contributed by atoms with Crippen molar-refractivity contribution >= 4 is 51.9 Å². The maximum atomic E-state index is 11.7. The van der Waals surface area contributed by atoms with Crippen LogP contribution in [0.1, 0.15) is 18.1 Å². The van der Waals surface area contributed by atoms with Crippen LogP contribution in [0.5, 0.6) is 5.75 Å². The summed E-state index contributed by atoms with van der Waals surface area (Å²) in [6.07, 6.45) is 0.366. The molecule has 2 heterocycles. The molecule has 180 valence electrons. The molecule has 0 aliphatic carbocycles. The van der Waals surface area contributed by atoms with E-state index in [9.17, 15) is 9.59 Å². The molecule has 34 heavy (non-hydrogen) atoms. The molecule has 2 aromatic rings. The number of carbonyl (C=O) groups excluding carboxylic acids is 2. The lowest BCUT2D eigenvalue weighted by molar-refractivity contribution is -0.118. The smallest absolute Gasteiger partial charge is 0.286 e. The maximum Gasteiger partial charge on any atom is 0.286 e. The van der Waals surface area contributed by atoms with Gasteiger partial charge in [0, 0.05) is 5.02 Å². The molecule has 0 aromatic heterocycles. The summed E-state index contributed by atoms with van der Waals surface area (Å²) < 4.78 is 17.5. The highest BCUT2D eigenvalue weighted by Crippen LogP contribution is 2.24. The predicted octanol–water partition coefficient (Wildman–Crippen LogP) is 4.20. The molecule has 3 atom stereocenters. The highest BCUT2D eigenvalue weighted by atomic mass is 35.5. The lowest BCUT2D eigenvalue weighted by atomic mass is 10.1. The van der Waals surface area contributed by atoms with Gasteiger partial charge in [0.15, 0.2) is 0 Å². The molecule has 2 amide bonds. The Morgan fingerprint density at radius 3 is 2.74 bits per heavy atom. The number of imide groups is 1. The van der Waals surface area contributed by atoms with Crippen molar-refractivity contribution in [2.24, 2.45) is 0 Å². The Bertz CT molecular complexity index is 1050. The minimum Gasteiger partial charge on any atom is -0.491 e. The summed E-state index contributed by atoms with van der Waals surface area (Å²) in [6, 6.07) is 15.2. The van der Waals surface area contributed by atoms with E-state index in [1.807, 2.05) is 60.4 Å². The Kier molecular flexibility index (Phi) is 8.31. The quantitative estimate of drug-likeness (QED) is 0.467. The van der Waals surface area contributed by atoms with Crippen LogP contribution in [0.15, 0.2) is 48.5 Å². The molecule has 2 aromatic carbocycles. The zero-order valence-corrected chi connectivity index (χ0v) is 21.0. The van der Waals surface area contributed by atoms with Gasteiger partial charge in [0.25, 0.3) is 10.4 Å². The molecule has 0 radical (unpaired) electrons. The van der Waals surface area contributed by atoms with Crippen molar-refractivity contribution in [3.8, 4) is 5.75 Å². The topological polar surface area (TPSA) is 77.1 Å². The summed E-state index contributed by atoms with van der Waals surface area (Å²) in [5.41, 5.74) is 1.98. The molecule has 2 saturated heterocycles. The van der Waals surface area contributed by atoms with Gasteiger partial charge in [-0.3, -0.25) is 14.9 Å². The second kappa shape index (κ2) is 11.4. The Labute approximate surface area is 213 Å². The van der Waals surface area contributed by atoms with E-state index in [2.05, 4.69) is 5.32 Å². The first-order valence-electron chi connectivity index (χ1n) is 10.9. The second-order valence-corrected chi connectivity index (χ2v) is 10.2. The maximum absolute atomic E-state index is 11.7. The van der Waals surface area contributed by atoms with E-state index in [0.717, 1.165) is 28.6 Å². The number of carbonyl (C=O) groups is 2. The largest absolute Gasteiger partial charge is 0.491 e. The summed E-state index contributed by atoms with van der Waals surface area (Å²) in [5.74, 6) is 0.490. The van der Waals surface area contributed by atoms with Gasteiger partial charge in [-0.25, -0.2) is 0 Å². The molecule has 3 unspecified atom stereocenters. The Morgan fingerprint density at radius 2 is 2.03 bits per heavy atom. The molecule has 2 aliphatic rings. The molecule has 1 N–H and O–H groups in total. The Morgan fingerprint density at radius 1 is 1.24 bits per heavy atom. The van der Waals surface area contributed by atoms with Gasteiger partial charge in [-0.1, -0.05) is 47.6 Å². The number of halogens is 1. The first-order chi connectivity index (χ1) is 16.4. The number of nitrogens with one attached hydrogen (secondary N) is 1. The molecule has 10 heteroatoms. The Balaban J connectivity index is 1.20. The van der Waals surface area contributed by atoms with Crippen molar-refractivity contribution < 1.29 is 23.8 Å². The number of thioether (sulfide) groups is 1. The first-order valence-corrected chi connectivity index (χ1v) is 12.6. The number of nitrogens with zero attached hydrogens (tertiary/aromatic N) is 1. The van der Waals surface area contributed by atoms with Crippen molar-refractivity contribution in [3.05, 3.63) is 64.7 Å². The fourth-order valence-electron chi connectivity index (χ4n) is 3.69. The number of thiocarbonyl (C=S) groups is 1. The minimum atomic E-state index is -0.377. The fraction of sp³-hybridized carbons (Fsp3) is 0.375. The summed E-state index contributed by atoms with van der Waals surface area (Å²) in [7, 11) is 0. The third-order valence-electron chi connectivity index (χ3n) is 5.50. The predicted molar refractivity (Wildman–Crippen MR) is 135 cm³/mol. The van der Waals surface area contributed by atoms with Gasteiger partial charge in [0.05, 0.1) is 31.1 Å². The van der Waals surface area contributed by atoms with E-state index >= 15 is 0 Å². The van der Waals surface area contributed by atoms with Gasteiger partial charge in [0.2, 0.25) is 5.91 Å². The van der Waals surface area contributed by atoms with Crippen LogP contribution < -0.4 is 10.1 Å². The molecule has 2 fully saturated rings. The number of benzene rings is 2. The highest BCUT2D eigenvalue weighted by molar-refractivity contribution is 8.15. The van der Waals surface area contributed by atoms with Crippen molar-refractivity contribution in [2.45, 2.75) is 37.3 Å². The van der Waals surface area contributed by atoms with E-state index in [-0.39, 0.29) is 28.5 Å². The summed E-state index contributed by atoms with van der Waals surface area (Å²) >= 11 is 12.4. The first kappa shape index (κ1) is 24.8. The molecule has 4 rings (SSSR count). The van der Waals surface area contributed by atoms with Gasteiger partial charge >= 0.3 is 0 Å². The normalized spacial score (nSPS) is 20.9. The molecule has 2 aliphatic heterocycles. The van der Waals surface area contributed by atoms with Crippen LogP contribution in [0.3, 0.4) is 0 Å². The summed E-state index contributed by atoms with van der Waals surface area (Å²) in [6.45, 7) is 4.00. The average molecular weight is 521 g/mol. The van der Waals surface area contributed by atoms with Crippen molar-refractivity contribution in [1.82, 2.24) is 10.2 Å². The van der Waals surface area contributed by atoms with E-state index in [0.29, 0.717) is 43.0 Å². The number of rotatable bonds is 10. The van der Waals surface area contributed by atoms with Crippen LogP contribution in [0.2, 0.25) is 5.02 Å². The molecular formula is C24H25ClN2O5S2. The summed E-state index contributed by atoms with van der Waals surface area (Å²) in [5, 5.41) is 2.78. The van der Waals surface area contributed by atoms with Gasteiger partial charge < -0.3 is 19.1 Å². The molecule has 7 nitrogen and oxygen atoms in total. The molecule has 0 saturated carbocycles. The molecule has 0 spiro atoms. The fourth-order valence-corrected chi connectivity index (χ4v) is 5.16. The highest BCUT2D eigenvalue weighted by Gasteiger charge is 2.32. The van der Waals surface area contributed by atoms with E-state index in [4.69, 9.17) is 38.0 Å². The standard InChI is InChI=1S/C24H25ClN2O5S2/c1-15(12-31-19-7-5-16(6-8-19)10-21-22(28)26-23(29)34-21)27-11-20(32-24(27)33)14-30-13-17-3-2-4-18(25)9-17/h2-9,15,20-21H,10-14H2,1H3,(H,26,28,29). The lowest BCUT2D eigenvalue weighted by Gasteiger charge is -2.23. The number of hydrogen-bond acceptors (Lipinski definition) is 7. The summed E-state index contributed by atoms with van der Waals surface area (Å²) in [4.78, 5) is 25.0. The second-order valence-electron chi connectivity index (χ2n) is 8.19. The molecule has 0 bridgehead atoms. The van der Waals surface area contributed by atoms with Gasteiger partial charge in [-0.15, -0.1) is 0 Å². The zero-order chi connectivity index (χ0) is 24.1.